The average Bonchev–Trinajstić information content (AvgIpc) is 2.67. The number of halogens is 5. The van der Waals surface area contributed by atoms with Crippen LogP contribution in [0.4, 0.5) is 13.2 Å². The van der Waals surface area contributed by atoms with Crippen LogP contribution in [0.3, 0.4) is 0 Å². The summed E-state index contributed by atoms with van der Waals surface area (Å²) in [6.45, 7) is 0. The summed E-state index contributed by atoms with van der Waals surface area (Å²) in [6, 6.07) is 1.52. The minimum atomic E-state index is -4.63. The molecular formula is C9H5Cl2F3N4. The molecule has 2 heterocycles. The molecule has 2 aromatic rings. The molecule has 4 nitrogen and oxygen atoms in total. The van der Waals surface area contributed by atoms with E-state index in [9.17, 15) is 13.2 Å². The van der Waals surface area contributed by atoms with Gasteiger partial charge in [-0.1, -0.05) is 11.6 Å². The molecule has 9 heteroatoms. The molecule has 0 aliphatic rings. The van der Waals surface area contributed by atoms with Crippen LogP contribution in [-0.2, 0) is 12.1 Å². The smallest absolute Gasteiger partial charge is 0.220 e. The Morgan fingerprint density at radius 2 is 1.83 bits per heavy atom. The molecule has 0 aliphatic heterocycles. The zero-order chi connectivity index (χ0) is 13.3. The summed E-state index contributed by atoms with van der Waals surface area (Å²) >= 11 is 11.3. The Morgan fingerprint density at radius 3 is 2.28 bits per heavy atom. The SMILES string of the molecule is FC(F)(F)c1nn(-c2ncccn2)c(Cl)c1CCl. The van der Waals surface area contributed by atoms with Crippen LogP contribution in [-0.4, -0.2) is 19.7 Å². The number of hydrogen-bond acceptors (Lipinski definition) is 3. The lowest BCUT2D eigenvalue weighted by molar-refractivity contribution is -0.141. The first-order chi connectivity index (χ1) is 8.45. The summed E-state index contributed by atoms with van der Waals surface area (Å²) < 4.78 is 38.9. The predicted molar refractivity (Wildman–Crippen MR) is 58.7 cm³/mol. The molecule has 0 atom stereocenters. The van der Waals surface area contributed by atoms with Crippen LogP contribution in [0.1, 0.15) is 11.3 Å². The van der Waals surface area contributed by atoms with Crippen molar-refractivity contribution in [2.45, 2.75) is 12.1 Å². The van der Waals surface area contributed by atoms with Crippen LogP contribution in [0.5, 0.6) is 0 Å². The molecule has 2 rings (SSSR count). The van der Waals surface area contributed by atoms with E-state index in [4.69, 9.17) is 23.2 Å². The van der Waals surface area contributed by atoms with Crippen molar-refractivity contribution in [3.05, 3.63) is 34.9 Å². The molecule has 0 saturated carbocycles. The molecule has 0 aromatic carbocycles. The highest BCUT2D eigenvalue weighted by atomic mass is 35.5. The van der Waals surface area contributed by atoms with E-state index >= 15 is 0 Å². The fourth-order valence-electron chi connectivity index (χ4n) is 1.31. The second-order valence-corrected chi connectivity index (χ2v) is 3.84. The first kappa shape index (κ1) is 13.1. The lowest BCUT2D eigenvalue weighted by Crippen LogP contribution is -2.10. The molecule has 0 amide bonds. The fourth-order valence-corrected chi connectivity index (χ4v) is 1.90. The Kier molecular flexibility index (Phi) is 3.45. The Bertz CT molecular complexity index is 553. The molecule has 0 radical (unpaired) electrons. The molecule has 0 N–H and O–H groups in total. The van der Waals surface area contributed by atoms with Gasteiger partial charge in [0.1, 0.15) is 5.15 Å². The van der Waals surface area contributed by atoms with Crippen molar-refractivity contribution >= 4 is 23.2 Å². The van der Waals surface area contributed by atoms with E-state index in [1.165, 1.54) is 18.5 Å². The van der Waals surface area contributed by atoms with Gasteiger partial charge in [0.05, 0.1) is 5.88 Å². The molecule has 18 heavy (non-hydrogen) atoms. The topological polar surface area (TPSA) is 43.6 Å². The third-order valence-electron chi connectivity index (χ3n) is 2.06. The van der Waals surface area contributed by atoms with Crippen LogP contribution < -0.4 is 0 Å². The van der Waals surface area contributed by atoms with Crippen molar-refractivity contribution in [2.24, 2.45) is 0 Å². The molecule has 0 unspecified atom stereocenters. The summed E-state index contributed by atoms with van der Waals surface area (Å²) in [6.07, 6.45) is -1.89. The number of nitrogens with zero attached hydrogens (tertiary/aromatic N) is 4. The molecule has 96 valence electrons. The summed E-state index contributed by atoms with van der Waals surface area (Å²) in [4.78, 5) is 7.55. The lowest BCUT2D eigenvalue weighted by atomic mass is 10.3. The van der Waals surface area contributed by atoms with E-state index in [-0.39, 0.29) is 16.7 Å². The maximum Gasteiger partial charge on any atom is 0.435 e. The lowest BCUT2D eigenvalue weighted by Gasteiger charge is -2.02. The van der Waals surface area contributed by atoms with Gasteiger partial charge in [-0.05, 0) is 6.07 Å². The molecule has 0 aliphatic carbocycles. The normalized spacial score (nSPS) is 11.8. The number of hydrogen-bond donors (Lipinski definition) is 0. The Morgan fingerprint density at radius 1 is 1.22 bits per heavy atom. The minimum absolute atomic E-state index is 0.0515. The summed E-state index contributed by atoms with van der Waals surface area (Å²) in [5.41, 5.74) is -1.42. The van der Waals surface area contributed by atoms with Gasteiger partial charge in [-0.25, -0.2) is 9.97 Å². The zero-order valence-corrected chi connectivity index (χ0v) is 10.1. The molecular weight excluding hydrogens is 292 g/mol. The van der Waals surface area contributed by atoms with Gasteiger partial charge >= 0.3 is 6.18 Å². The van der Waals surface area contributed by atoms with E-state index in [2.05, 4.69) is 15.1 Å². The molecule has 0 fully saturated rings. The van der Waals surface area contributed by atoms with Crippen LogP contribution in [0.2, 0.25) is 5.15 Å². The van der Waals surface area contributed by atoms with Crippen molar-refractivity contribution in [3.63, 3.8) is 0 Å². The summed E-state index contributed by atoms with van der Waals surface area (Å²) in [7, 11) is 0. The van der Waals surface area contributed by atoms with Gasteiger partial charge in [0.25, 0.3) is 5.95 Å². The molecule has 0 spiro atoms. The first-order valence-corrected chi connectivity index (χ1v) is 5.54. The molecule has 0 bridgehead atoms. The summed E-state index contributed by atoms with van der Waals surface area (Å²) in [5.74, 6) is -0.454. The van der Waals surface area contributed by atoms with Gasteiger partial charge in [-0.15, -0.1) is 11.6 Å². The van der Waals surface area contributed by atoms with E-state index in [0.717, 1.165) is 4.68 Å². The maximum absolute atomic E-state index is 12.7. The van der Waals surface area contributed by atoms with Crippen LogP contribution in [0, 0.1) is 0 Å². The van der Waals surface area contributed by atoms with Gasteiger partial charge in [0.2, 0.25) is 0 Å². The number of alkyl halides is 4. The largest absolute Gasteiger partial charge is 0.435 e. The monoisotopic (exact) mass is 296 g/mol. The second-order valence-electron chi connectivity index (χ2n) is 3.21. The van der Waals surface area contributed by atoms with Gasteiger partial charge in [-0.3, -0.25) is 0 Å². The summed E-state index contributed by atoms with van der Waals surface area (Å²) in [5, 5.41) is 3.13. The maximum atomic E-state index is 12.7. The minimum Gasteiger partial charge on any atom is -0.220 e. The van der Waals surface area contributed by atoms with Crippen LogP contribution in [0.15, 0.2) is 18.5 Å². The molecule has 2 aromatic heterocycles. The predicted octanol–water partition coefficient (Wildman–Crippen LogP) is 3.07. The Balaban J connectivity index is 2.61. The van der Waals surface area contributed by atoms with E-state index in [1.807, 2.05) is 0 Å². The number of rotatable bonds is 2. The number of aromatic nitrogens is 4. The fraction of sp³-hybridized carbons (Fsp3) is 0.222. The average molecular weight is 297 g/mol. The van der Waals surface area contributed by atoms with E-state index in [1.54, 1.807) is 0 Å². The van der Waals surface area contributed by atoms with Crippen molar-refractivity contribution in [1.29, 1.82) is 0 Å². The molecule has 0 saturated heterocycles. The van der Waals surface area contributed by atoms with Crippen molar-refractivity contribution in [3.8, 4) is 5.95 Å². The van der Waals surface area contributed by atoms with Crippen molar-refractivity contribution < 1.29 is 13.2 Å². The van der Waals surface area contributed by atoms with Crippen molar-refractivity contribution in [2.75, 3.05) is 0 Å². The quantitative estimate of drug-likeness (QED) is 0.800. The van der Waals surface area contributed by atoms with Gasteiger partial charge in [-0.2, -0.15) is 23.0 Å². The standard InChI is InChI=1S/C9H5Cl2F3N4/c10-4-5-6(9(12,13)14)17-18(7(5)11)8-15-2-1-3-16-8/h1-3H,4H2. The second kappa shape index (κ2) is 4.74. The van der Waals surface area contributed by atoms with Gasteiger partial charge in [0.15, 0.2) is 5.69 Å². The van der Waals surface area contributed by atoms with Gasteiger partial charge in [0, 0.05) is 18.0 Å². The van der Waals surface area contributed by atoms with Crippen LogP contribution >= 0.6 is 23.2 Å². The highest BCUT2D eigenvalue weighted by molar-refractivity contribution is 6.31. The highest BCUT2D eigenvalue weighted by Crippen LogP contribution is 2.35. The third kappa shape index (κ3) is 2.28. The Hall–Kier alpha value is -1.34. The van der Waals surface area contributed by atoms with E-state index in [0.29, 0.717) is 0 Å². The zero-order valence-electron chi connectivity index (χ0n) is 8.62. The van der Waals surface area contributed by atoms with Crippen molar-refractivity contribution in [1.82, 2.24) is 19.7 Å². The van der Waals surface area contributed by atoms with Crippen LogP contribution in [0.25, 0.3) is 5.95 Å². The third-order valence-corrected chi connectivity index (χ3v) is 2.72. The van der Waals surface area contributed by atoms with E-state index < -0.39 is 17.8 Å². The van der Waals surface area contributed by atoms with Gasteiger partial charge < -0.3 is 0 Å². The first-order valence-electron chi connectivity index (χ1n) is 4.63. The highest BCUT2D eigenvalue weighted by Gasteiger charge is 2.39. The Labute approximate surface area is 109 Å².